The minimum absolute atomic E-state index is 0.0118. The van der Waals surface area contributed by atoms with E-state index in [-0.39, 0.29) is 28.1 Å². The predicted octanol–water partition coefficient (Wildman–Crippen LogP) is 2.91. The summed E-state index contributed by atoms with van der Waals surface area (Å²) in [5.74, 6) is -2.95. The molecular formula is C28H31F6N5O5S. The number of carbonyl (C=O) groups is 1. The van der Waals surface area contributed by atoms with Gasteiger partial charge in [0.05, 0.1) is 17.1 Å². The van der Waals surface area contributed by atoms with Crippen molar-refractivity contribution in [2.24, 2.45) is 0 Å². The van der Waals surface area contributed by atoms with Gasteiger partial charge < -0.3 is 19.5 Å². The summed E-state index contributed by atoms with van der Waals surface area (Å²) in [6.45, 7) is 8.02. The third kappa shape index (κ3) is 10.3. The number of quaternary nitrogens is 1. The van der Waals surface area contributed by atoms with E-state index >= 15 is 0 Å². The maximum Gasteiger partial charge on any atom is 0.430 e. The maximum absolute atomic E-state index is 13.1. The van der Waals surface area contributed by atoms with Gasteiger partial charge in [0.25, 0.3) is 10.0 Å². The van der Waals surface area contributed by atoms with Crippen LogP contribution in [0.1, 0.15) is 56.1 Å². The number of fused-ring (bicyclic) bond motifs is 1. The monoisotopic (exact) mass is 663 g/mol. The Kier molecular flexibility index (Phi) is 10.7. The number of alkyl halides is 6. The first-order valence-corrected chi connectivity index (χ1v) is 14.9. The van der Waals surface area contributed by atoms with E-state index in [9.17, 15) is 34.8 Å². The molecule has 0 spiro atoms. The lowest BCUT2D eigenvalue weighted by Crippen LogP contribution is -3.11. The topological polar surface area (TPSA) is 139 Å². The van der Waals surface area contributed by atoms with Crippen molar-refractivity contribution < 1.29 is 54.3 Å². The number of pyridine rings is 1. The second-order valence-electron chi connectivity index (χ2n) is 11.3. The SMILES string of the molecule is C[C@H](c1ccc(OCC(F)(F)F)nc1)[NH+]1CCc2ccc(S(=O)(=O)Nc3ccc(C(C)(C)C)nn3)cc2C1.O=C([O-])C(F)(F)F. The number of hydrogen-bond donors (Lipinski definition) is 2. The minimum Gasteiger partial charge on any atom is -0.542 e. The summed E-state index contributed by atoms with van der Waals surface area (Å²) in [7, 11) is -3.87. The van der Waals surface area contributed by atoms with Crippen LogP contribution in [0.2, 0.25) is 0 Å². The van der Waals surface area contributed by atoms with Gasteiger partial charge in [-0.2, -0.15) is 31.4 Å². The van der Waals surface area contributed by atoms with E-state index in [0.29, 0.717) is 6.54 Å². The van der Waals surface area contributed by atoms with E-state index in [1.165, 1.54) is 17.2 Å². The van der Waals surface area contributed by atoms with Crippen LogP contribution >= 0.6 is 0 Å². The molecule has 1 aliphatic rings. The second kappa shape index (κ2) is 13.6. The first-order valence-electron chi connectivity index (χ1n) is 13.4. The normalized spacial score (nSPS) is 16.1. The highest BCUT2D eigenvalue weighted by atomic mass is 32.2. The largest absolute Gasteiger partial charge is 0.542 e. The quantitative estimate of drug-likeness (QED) is 0.368. The molecule has 17 heteroatoms. The van der Waals surface area contributed by atoms with Crippen LogP contribution in [-0.2, 0) is 33.2 Å². The average Bonchev–Trinajstić information content (AvgIpc) is 2.94. The number of aromatic nitrogens is 3. The molecule has 0 amide bonds. The fourth-order valence-corrected chi connectivity index (χ4v) is 5.33. The Balaban J connectivity index is 0.000000707. The summed E-state index contributed by atoms with van der Waals surface area (Å²) in [6.07, 6.45) is -7.33. The highest BCUT2D eigenvalue weighted by Crippen LogP contribution is 2.24. The van der Waals surface area contributed by atoms with Gasteiger partial charge in [-0.3, -0.25) is 4.72 Å². The zero-order valence-corrected chi connectivity index (χ0v) is 25.4. The van der Waals surface area contributed by atoms with Gasteiger partial charge in [0.15, 0.2) is 12.4 Å². The smallest absolute Gasteiger partial charge is 0.430 e. The Labute approximate surface area is 255 Å². The van der Waals surface area contributed by atoms with Gasteiger partial charge in [0, 0.05) is 35.2 Å². The van der Waals surface area contributed by atoms with Gasteiger partial charge in [-0.25, -0.2) is 13.4 Å². The summed E-state index contributed by atoms with van der Waals surface area (Å²) in [5, 5.41) is 17.0. The molecule has 0 fully saturated rings. The zero-order chi connectivity index (χ0) is 33.8. The number of carboxylic acid groups (broad SMARTS) is 1. The lowest BCUT2D eigenvalue weighted by Gasteiger charge is -2.31. The summed E-state index contributed by atoms with van der Waals surface area (Å²) in [5.41, 5.74) is 3.42. The van der Waals surface area contributed by atoms with E-state index in [0.717, 1.165) is 35.3 Å². The molecular weight excluding hydrogens is 632 g/mol. The highest BCUT2D eigenvalue weighted by Gasteiger charge is 2.30. The van der Waals surface area contributed by atoms with E-state index in [1.54, 1.807) is 30.3 Å². The fraction of sp³-hybridized carbons (Fsp3) is 0.429. The molecule has 10 nitrogen and oxygen atoms in total. The van der Waals surface area contributed by atoms with Crippen LogP contribution < -0.4 is 19.5 Å². The minimum atomic E-state index is -5.19. The molecule has 0 saturated carbocycles. The van der Waals surface area contributed by atoms with Crippen molar-refractivity contribution in [1.29, 1.82) is 0 Å². The van der Waals surface area contributed by atoms with Crippen molar-refractivity contribution in [3.8, 4) is 5.88 Å². The van der Waals surface area contributed by atoms with Gasteiger partial charge in [-0.15, -0.1) is 5.10 Å². The molecule has 2 N–H and O–H groups in total. The third-order valence-electron chi connectivity index (χ3n) is 6.78. The second-order valence-corrected chi connectivity index (χ2v) is 12.9. The van der Waals surface area contributed by atoms with Crippen LogP contribution in [-0.4, -0.2) is 55.1 Å². The van der Waals surface area contributed by atoms with E-state index in [2.05, 4.69) is 19.9 Å². The summed E-state index contributed by atoms with van der Waals surface area (Å²) in [6, 6.07) is 11.6. The van der Waals surface area contributed by atoms with E-state index < -0.39 is 35.0 Å². The van der Waals surface area contributed by atoms with Crippen LogP contribution in [0.4, 0.5) is 32.2 Å². The number of nitrogens with one attached hydrogen (secondary N) is 2. The number of carboxylic acids is 1. The Morgan fingerprint density at radius 1 is 1.02 bits per heavy atom. The summed E-state index contributed by atoms with van der Waals surface area (Å²) in [4.78, 5) is 14.1. The number of aliphatic carboxylic acids is 1. The number of anilines is 1. The first-order chi connectivity index (χ1) is 20.7. The maximum atomic E-state index is 13.1. The molecule has 1 aromatic carbocycles. The molecule has 3 aromatic rings. The summed E-state index contributed by atoms with van der Waals surface area (Å²) < 4.78 is 102. The van der Waals surface area contributed by atoms with Crippen molar-refractivity contribution in [3.05, 3.63) is 71.0 Å². The predicted molar refractivity (Wildman–Crippen MR) is 146 cm³/mol. The molecule has 1 aliphatic heterocycles. The number of rotatable bonds is 7. The molecule has 45 heavy (non-hydrogen) atoms. The highest BCUT2D eigenvalue weighted by molar-refractivity contribution is 7.92. The molecule has 0 aliphatic carbocycles. The fourth-order valence-electron chi connectivity index (χ4n) is 4.28. The van der Waals surface area contributed by atoms with Gasteiger partial charge in [-0.05, 0) is 42.8 Å². The zero-order valence-electron chi connectivity index (χ0n) is 24.6. The van der Waals surface area contributed by atoms with Crippen molar-refractivity contribution in [3.63, 3.8) is 0 Å². The van der Waals surface area contributed by atoms with Gasteiger partial charge in [0.1, 0.15) is 18.6 Å². The molecule has 0 radical (unpaired) electrons. The lowest BCUT2D eigenvalue weighted by atomic mass is 9.92. The molecule has 3 heterocycles. The van der Waals surface area contributed by atoms with Gasteiger partial charge in [0.2, 0.25) is 5.88 Å². The van der Waals surface area contributed by atoms with Crippen LogP contribution in [0.15, 0.2) is 53.6 Å². The molecule has 246 valence electrons. The van der Waals surface area contributed by atoms with Crippen molar-refractivity contribution in [1.82, 2.24) is 15.2 Å². The number of benzene rings is 1. The van der Waals surface area contributed by atoms with Crippen molar-refractivity contribution >= 4 is 21.8 Å². The average molecular weight is 664 g/mol. The van der Waals surface area contributed by atoms with E-state index in [4.69, 9.17) is 14.6 Å². The standard InChI is InChI=1S/C26H30F3N5O3S.C2HF3O2/c1-17(19-6-10-24(30-14-19)37-16-26(27,28)29)34-12-11-18-5-7-21(13-20(18)15-34)38(35,36)33-23-9-8-22(31-32-23)25(2,3)4;3-2(4,5)1(6)7/h5-10,13-14,17H,11-12,15-16H2,1-4H3,(H,32,33);(H,6,7)/t17-;/m1./s1. The van der Waals surface area contributed by atoms with Crippen LogP contribution in [0.25, 0.3) is 0 Å². The van der Waals surface area contributed by atoms with E-state index in [1.807, 2.05) is 33.8 Å². The van der Waals surface area contributed by atoms with Crippen LogP contribution in [0.3, 0.4) is 0 Å². The van der Waals surface area contributed by atoms with Crippen molar-refractivity contribution in [2.75, 3.05) is 17.9 Å². The number of carbonyl (C=O) groups excluding carboxylic acids is 1. The van der Waals surface area contributed by atoms with Crippen molar-refractivity contribution in [2.45, 2.75) is 69.4 Å². The molecule has 2 aromatic heterocycles. The number of hydrogen-bond acceptors (Lipinski definition) is 8. The number of halogens is 6. The molecule has 1 unspecified atom stereocenters. The Morgan fingerprint density at radius 2 is 1.69 bits per heavy atom. The Morgan fingerprint density at radius 3 is 2.20 bits per heavy atom. The number of ether oxygens (including phenoxy) is 1. The molecule has 2 atom stereocenters. The number of sulfonamides is 1. The summed E-state index contributed by atoms with van der Waals surface area (Å²) >= 11 is 0. The molecule has 0 saturated heterocycles. The first kappa shape index (κ1) is 35.5. The Hall–Kier alpha value is -3.99. The lowest BCUT2D eigenvalue weighted by molar-refractivity contribution is -0.945. The molecule has 4 rings (SSSR count). The number of nitrogens with zero attached hydrogens (tertiary/aromatic N) is 3. The van der Waals surface area contributed by atoms with Gasteiger partial charge >= 0.3 is 12.4 Å². The Bertz CT molecular complexity index is 1580. The van der Waals surface area contributed by atoms with Crippen LogP contribution in [0.5, 0.6) is 5.88 Å². The molecule has 0 bridgehead atoms. The van der Waals surface area contributed by atoms with Gasteiger partial charge in [-0.1, -0.05) is 26.8 Å². The third-order valence-corrected chi connectivity index (χ3v) is 8.13. The van der Waals surface area contributed by atoms with Crippen LogP contribution in [0, 0.1) is 0 Å².